The SMILES string of the molecule is O=C(Nc1ccc(NS(=O)(=O)c2ccc(F)cc2)cc1)c1cc2cc(C(F)(F)F)ccc2s1. The Morgan fingerprint density at radius 3 is 2.12 bits per heavy atom. The normalized spacial score (nSPS) is 12.0. The van der Waals surface area contributed by atoms with Gasteiger partial charge in [0.1, 0.15) is 5.82 Å². The molecule has 170 valence electrons. The Kier molecular flexibility index (Phi) is 5.85. The number of benzene rings is 3. The van der Waals surface area contributed by atoms with Crippen LogP contribution >= 0.6 is 11.3 Å². The number of carbonyl (C=O) groups excluding carboxylic acids is 1. The number of alkyl halides is 3. The third-order valence-corrected chi connectivity index (χ3v) is 7.10. The van der Waals surface area contributed by atoms with Crippen LogP contribution in [0.3, 0.4) is 0 Å². The lowest BCUT2D eigenvalue weighted by molar-refractivity contribution is -0.137. The number of sulfonamides is 1. The second-order valence-electron chi connectivity index (χ2n) is 6.95. The fourth-order valence-electron chi connectivity index (χ4n) is 2.97. The Labute approximate surface area is 189 Å². The zero-order valence-corrected chi connectivity index (χ0v) is 18.1. The third kappa shape index (κ3) is 5.15. The van der Waals surface area contributed by atoms with E-state index in [1.165, 1.54) is 36.4 Å². The van der Waals surface area contributed by atoms with E-state index in [9.17, 15) is 30.8 Å². The Morgan fingerprint density at radius 1 is 0.848 bits per heavy atom. The summed E-state index contributed by atoms with van der Waals surface area (Å²) in [5.41, 5.74) is -0.213. The predicted octanol–water partition coefficient (Wildman–Crippen LogP) is 6.11. The average molecular weight is 494 g/mol. The first-order valence-corrected chi connectivity index (χ1v) is 11.6. The van der Waals surface area contributed by atoms with Crippen molar-refractivity contribution in [1.29, 1.82) is 0 Å². The number of thiophene rings is 1. The van der Waals surface area contributed by atoms with E-state index in [1.54, 1.807) is 0 Å². The minimum atomic E-state index is -4.47. The Balaban J connectivity index is 1.46. The number of halogens is 4. The van der Waals surface area contributed by atoms with Gasteiger partial charge in [-0.3, -0.25) is 9.52 Å². The van der Waals surface area contributed by atoms with E-state index < -0.39 is 33.5 Å². The van der Waals surface area contributed by atoms with Crippen LogP contribution in [-0.4, -0.2) is 14.3 Å². The molecule has 0 aliphatic rings. The summed E-state index contributed by atoms with van der Waals surface area (Å²) >= 11 is 1.06. The minimum Gasteiger partial charge on any atom is -0.321 e. The molecule has 0 unspecified atom stereocenters. The number of nitrogens with one attached hydrogen (secondary N) is 2. The van der Waals surface area contributed by atoms with Crippen molar-refractivity contribution in [3.05, 3.63) is 89.1 Å². The number of anilines is 2. The van der Waals surface area contributed by atoms with E-state index in [4.69, 9.17) is 0 Å². The van der Waals surface area contributed by atoms with Crippen molar-refractivity contribution in [3.63, 3.8) is 0 Å². The van der Waals surface area contributed by atoms with Crippen LogP contribution in [0.2, 0.25) is 0 Å². The molecule has 0 atom stereocenters. The summed E-state index contributed by atoms with van der Waals surface area (Å²) in [4.78, 5) is 12.6. The largest absolute Gasteiger partial charge is 0.416 e. The van der Waals surface area contributed by atoms with Gasteiger partial charge in [-0.05, 0) is 78.2 Å². The van der Waals surface area contributed by atoms with Crippen molar-refractivity contribution in [2.75, 3.05) is 10.0 Å². The summed E-state index contributed by atoms with van der Waals surface area (Å²) in [6.07, 6.45) is -4.47. The van der Waals surface area contributed by atoms with Crippen molar-refractivity contribution in [3.8, 4) is 0 Å². The van der Waals surface area contributed by atoms with E-state index >= 15 is 0 Å². The van der Waals surface area contributed by atoms with Gasteiger partial charge in [0.05, 0.1) is 15.3 Å². The Morgan fingerprint density at radius 2 is 1.48 bits per heavy atom. The standard InChI is InChI=1S/C22H14F4N2O3S2/c23-15-2-8-18(9-3-15)33(30,31)28-17-6-4-16(5-7-17)27-21(29)20-12-13-11-14(22(24,25)26)1-10-19(13)32-20/h1-12,28H,(H,27,29). The van der Waals surface area contributed by atoms with Crippen LogP contribution in [0.25, 0.3) is 10.1 Å². The van der Waals surface area contributed by atoms with E-state index in [2.05, 4.69) is 10.0 Å². The number of amides is 1. The molecule has 4 rings (SSSR count). The van der Waals surface area contributed by atoms with Crippen LogP contribution < -0.4 is 10.0 Å². The summed E-state index contributed by atoms with van der Waals surface area (Å²) in [5.74, 6) is -1.07. The lowest BCUT2D eigenvalue weighted by atomic mass is 10.1. The van der Waals surface area contributed by atoms with Crippen LogP contribution in [0.4, 0.5) is 28.9 Å². The predicted molar refractivity (Wildman–Crippen MR) is 118 cm³/mol. The molecule has 0 radical (unpaired) electrons. The van der Waals surface area contributed by atoms with Crippen molar-refractivity contribution in [2.24, 2.45) is 0 Å². The molecule has 2 N–H and O–H groups in total. The van der Waals surface area contributed by atoms with Gasteiger partial charge in [0.2, 0.25) is 0 Å². The fraction of sp³-hybridized carbons (Fsp3) is 0.0455. The second kappa shape index (κ2) is 8.49. The van der Waals surface area contributed by atoms with Gasteiger partial charge in [0, 0.05) is 16.1 Å². The Hall–Kier alpha value is -3.44. The molecular weight excluding hydrogens is 480 g/mol. The first-order chi connectivity index (χ1) is 15.5. The van der Waals surface area contributed by atoms with Gasteiger partial charge in [0.15, 0.2) is 0 Å². The lowest BCUT2D eigenvalue weighted by Crippen LogP contribution is -2.13. The molecule has 0 bridgehead atoms. The first-order valence-electron chi connectivity index (χ1n) is 9.32. The highest BCUT2D eigenvalue weighted by molar-refractivity contribution is 7.92. The molecule has 1 amide bonds. The topological polar surface area (TPSA) is 75.3 Å². The van der Waals surface area contributed by atoms with Crippen molar-refractivity contribution in [1.82, 2.24) is 0 Å². The number of fused-ring (bicyclic) bond motifs is 1. The number of hydrogen-bond donors (Lipinski definition) is 2. The summed E-state index contributed by atoms with van der Waals surface area (Å²) < 4.78 is 79.3. The maximum Gasteiger partial charge on any atom is 0.416 e. The zero-order chi connectivity index (χ0) is 23.8. The van der Waals surface area contributed by atoms with E-state index in [0.717, 1.165) is 47.7 Å². The summed E-state index contributed by atoms with van der Waals surface area (Å²) in [6, 6.07) is 14.8. The smallest absolute Gasteiger partial charge is 0.321 e. The van der Waals surface area contributed by atoms with Crippen LogP contribution in [0, 0.1) is 5.82 Å². The molecule has 0 fully saturated rings. The summed E-state index contributed by atoms with van der Waals surface area (Å²) in [7, 11) is -3.92. The van der Waals surface area contributed by atoms with Gasteiger partial charge in [-0.15, -0.1) is 11.3 Å². The number of carbonyl (C=O) groups is 1. The van der Waals surface area contributed by atoms with Crippen LogP contribution in [0.1, 0.15) is 15.2 Å². The van der Waals surface area contributed by atoms with Crippen LogP contribution in [0.5, 0.6) is 0 Å². The maximum atomic E-state index is 13.0. The minimum absolute atomic E-state index is 0.111. The highest BCUT2D eigenvalue weighted by Crippen LogP contribution is 2.34. The quantitative estimate of drug-likeness (QED) is 0.329. The van der Waals surface area contributed by atoms with Gasteiger partial charge >= 0.3 is 6.18 Å². The van der Waals surface area contributed by atoms with Gasteiger partial charge in [0.25, 0.3) is 15.9 Å². The monoisotopic (exact) mass is 494 g/mol. The molecule has 0 saturated heterocycles. The molecule has 0 aliphatic carbocycles. The van der Waals surface area contributed by atoms with Crippen molar-refractivity contribution < 1.29 is 30.8 Å². The number of hydrogen-bond acceptors (Lipinski definition) is 4. The van der Waals surface area contributed by atoms with Gasteiger partial charge in [-0.25, -0.2) is 12.8 Å². The fourth-order valence-corrected chi connectivity index (χ4v) is 4.97. The van der Waals surface area contributed by atoms with E-state index in [-0.39, 0.29) is 15.5 Å². The Bertz CT molecular complexity index is 1430. The average Bonchev–Trinajstić information content (AvgIpc) is 3.18. The van der Waals surface area contributed by atoms with Gasteiger partial charge in [-0.2, -0.15) is 13.2 Å². The summed E-state index contributed by atoms with van der Waals surface area (Å²) in [5, 5.41) is 2.93. The van der Waals surface area contributed by atoms with Gasteiger partial charge < -0.3 is 5.32 Å². The third-order valence-electron chi connectivity index (χ3n) is 4.59. The molecule has 0 spiro atoms. The molecule has 3 aromatic carbocycles. The van der Waals surface area contributed by atoms with Crippen molar-refractivity contribution >= 4 is 48.7 Å². The highest BCUT2D eigenvalue weighted by Gasteiger charge is 2.30. The maximum absolute atomic E-state index is 13.0. The number of rotatable bonds is 5. The van der Waals surface area contributed by atoms with E-state index in [0.29, 0.717) is 15.8 Å². The molecule has 1 heterocycles. The molecule has 11 heteroatoms. The molecule has 1 aromatic heterocycles. The molecule has 5 nitrogen and oxygen atoms in total. The molecular formula is C22H14F4N2O3S2. The molecule has 33 heavy (non-hydrogen) atoms. The highest BCUT2D eigenvalue weighted by atomic mass is 32.2. The van der Waals surface area contributed by atoms with Crippen LogP contribution in [-0.2, 0) is 16.2 Å². The second-order valence-corrected chi connectivity index (χ2v) is 9.72. The first kappa shape index (κ1) is 22.7. The molecule has 0 aliphatic heterocycles. The lowest BCUT2D eigenvalue weighted by Gasteiger charge is -2.09. The zero-order valence-electron chi connectivity index (χ0n) is 16.5. The van der Waals surface area contributed by atoms with Gasteiger partial charge in [-0.1, -0.05) is 0 Å². The summed E-state index contributed by atoms with van der Waals surface area (Å²) in [6.45, 7) is 0. The van der Waals surface area contributed by atoms with Crippen molar-refractivity contribution in [2.45, 2.75) is 11.1 Å². The van der Waals surface area contributed by atoms with Crippen LogP contribution in [0.15, 0.2) is 77.7 Å². The molecule has 4 aromatic rings. The van der Waals surface area contributed by atoms with E-state index in [1.807, 2.05) is 0 Å². The molecule has 0 saturated carbocycles.